The third-order valence-corrected chi connectivity index (χ3v) is 6.24. The number of hydrogen-bond acceptors (Lipinski definition) is 5. The minimum atomic E-state index is -0.890. The highest BCUT2D eigenvalue weighted by Crippen LogP contribution is 2.59. The Bertz CT molecular complexity index is 485. The number of rotatable bonds is 0. The van der Waals surface area contributed by atoms with Crippen LogP contribution in [0.1, 0.15) is 46.5 Å². The molecule has 6 heteroatoms. The topological polar surface area (TPSA) is 68.2 Å². The molecule has 5 fully saturated rings. The van der Waals surface area contributed by atoms with Gasteiger partial charge in [-0.2, -0.15) is 5.06 Å². The third-order valence-electron chi connectivity index (χ3n) is 6.24. The number of piperidine rings is 1. The van der Waals surface area contributed by atoms with Crippen LogP contribution >= 0.6 is 0 Å². The molecule has 118 valence electrons. The molecule has 1 spiro atoms. The summed E-state index contributed by atoms with van der Waals surface area (Å²) in [5.41, 5.74) is -0.740. The smallest absolute Gasteiger partial charge is 0.251 e. The van der Waals surface area contributed by atoms with Crippen molar-refractivity contribution in [2.24, 2.45) is 23.7 Å². The molecule has 7 atom stereocenters. The van der Waals surface area contributed by atoms with Gasteiger partial charge in [-0.1, -0.05) is 13.8 Å². The van der Waals surface area contributed by atoms with Crippen LogP contribution in [0, 0.1) is 23.7 Å². The van der Waals surface area contributed by atoms with Crippen LogP contribution in [-0.4, -0.2) is 33.8 Å². The minimum absolute atomic E-state index is 0.0299. The molecule has 6 nitrogen and oxygen atoms in total. The van der Waals surface area contributed by atoms with Gasteiger partial charge in [0.1, 0.15) is 0 Å². The standard InChI is InChI=1S/C15H23NO5/c1-8-4-5-11-9(2)12(17)16(18)13-15(11)10(8)6-7-14(3,19-13)20-21-15/h8-11,13,18H,4-7H2,1-3H3/t8-,9-,10+,11+,13-,14+,15?/m1/s1. The van der Waals surface area contributed by atoms with Crippen LogP contribution < -0.4 is 0 Å². The first-order valence-electron chi connectivity index (χ1n) is 7.96. The summed E-state index contributed by atoms with van der Waals surface area (Å²) in [6.45, 7) is 5.91. The molecule has 1 N–H and O–H groups in total. The zero-order chi connectivity index (χ0) is 15.0. The number of amides is 1. The predicted molar refractivity (Wildman–Crippen MR) is 70.6 cm³/mol. The lowest BCUT2D eigenvalue weighted by Crippen LogP contribution is -2.74. The van der Waals surface area contributed by atoms with Gasteiger partial charge in [-0.25, -0.2) is 9.78 Å². The number of carbonyl (C=O) groups is 1. The van der Waals surface area contributed by atoms with Crippen LogP contribution in [0.15, 0.2) is 0 Å². The van der Waals surface area contributed by atoms with E-state index in [0.29, 0.717) is 12.3 Å². The summed E-state index contributed by atoms with van der Waals surface area (Å²) >= 11 is 0. The number of hydroxylamine groups is 2. The lowest BCUT2D eigenvalue weighted by molar-refractivity contribution is -0.558. The van der Waals surface area contributed by atoms with Crippen molar-refractivity contribution in [3.63, 3.8) is 0 Å². The molecule has 4 saturated heterocycles. The summed E-state index contributed by atoms with van der Waals surface area (Å²) in [6, 6.07) is 0. The lowest BCUT2D eigenvalue weighted by Gasteiger charge is -2.60. The fraction of sp³-hybridized carbons (Fsp3) is 0.933. The molecule has 4 aliphatic heterocycles. The molecular weight excluding hydrogens is 274 g/mol. The number of ether oxygens (including phenoxy) is 1. The molecule has 5 aliphatic rings. The van der Waals surface area contributed by atoms with E-state index in [1.807, 2.05) is 13.8 Å². The van der Waals surface area contributed by atoms with Crippen LogP contribution in [0.5, 0.6) is 0 Å². The van der Waals surface area contributed by atoms with Crippen molar-refractivity contribution in [1.29, 1.82) is 0 Å². The number of hydrogen-bond donors (Lipinski definition) is 1. The molecule has 0 aromatic rings. The van der Waals surface area contributed by atoms with E-state index in [1.54, 1.807) is 0 Å². The summed E-state index contributed by atoms with van der Waals surface area (Å²) in [5.74, 6) is -0.720. The van der Waals surface area contributed by atoms with Gasteiger partial charge in [-0.3, -0.25) is 10.0 Å². The van der Waals surface area contributed by atoms with Crippen molar-refractivity contribution >= 4 is 5.91 Å². The summed E-state index contributed by atoms with van der Waals surface area (Å²) in [7, 11) is 0. The normalized spacial score (nSPS) is 56.1. The van der Waals surface area contributed by atoms with Gasteiger partial charge in [0.2, 0.25) is 5.79 Å². The van der Waals surface area contributed by atoms with Crippen LogP contribution in [0.3, 0.4) is 0 Å². The zero-order valence-corrected chi connectivity index (χ0v) is 12.7. The lowest BCUT2D eigenvalue weighted by atomic mass is 9.57. The quantitative estimate of drug-likeness (QED) is 0.547. The van der Waals surface area contributed by atoms with E-state index >= 15 is 0 Å². The second kappa shape index (κ2) is 4.19. The second-order valence-corrected chi connectivity index (χ2v) is 7.40. The van der Waals surface area contributed by atoms with Crippen LogP contribution in [-0.2, 0) is 19.3 Å². The maximum absolute atomic E-state index is 12.4. The van der Waals surface area contributed by atoms with Crippen molar-refractivity contribution in [2.75, 3.05) is 0 Å². The summed E-state index contributed by atoms with van der Waals surface area (Å²) in [6.07, 6.45) is 2.86. The summed E-state index contributed by atoms with van der Waals surface area (Å²) in [4.78, 5) is 23.9. The molecule has 1 saturated carbocycles. The Labute approximate surface area is 124 Å². The van der Waals surface area contributed by atoms with Gasteiger partial charge in [-0.05, 0) is 38.0 Å². The van der Waals surface area contributed by atoms with Crippen molar-refractivity contribution in [3.8, 4) is 0 Å². The Kier molecular flexibility index (Phi) is 2.78. The Morgan fingerprint density at radius 1 is 1.19 bits per heavy atom. The maximum Gasteiger partial charge on any atom is 0.251 e. The van der Waals surface area contributed by atoms with E-state index in [4.69, 9.17) is 14.5 Å². The molecule has 2 bridgehead atoms. The van der Waals surface area contributed by atoms with Crippen molar-refractivity contribution in [1.82, 2.24) is 5.06 Å². The van der Waals surface area contributed by atoms with Gasteiger partial charge in [0.15, 0.2) is 11.8 Å². The first kappa shape index (κ1) is 13.9. The van der Waals surface area contributed by atoms with Crippen LogP contribution in [0.4, 0.5) is 0 Å². The zero-order valence-electron chi connectivity index (χ0n) is 12.7. The predicted octanol–water partition coefficient (Wildman–Crippen LogP) is 2.07. The van der Waals surface area contributed by atoms with Crippen molar-refractivity contribution in [3.05, 3.63) is 0 Å². The molecule has 1 unspecified atom stereocenters. The van der Waals surface area contributed by atoms with E-state index in [9.17, 15) is 10.0 Å². The van der Waals surface area contributed by atoms with Gasteiger partial charge in [0.05, 0.1) is 0 Å². The molecular formula is C15H23NO5. The van der Waals surface area contributed by atoms with Gasteiger partial charge < -0.3 is 4.74 Å². The number of carbonyl (C=O) groups excluding carboxylic acids is 1. The first-order valence-corrected chi connectivity index (χ1v) is 7.96. The number of fused-ring (bicyclic) bond motifs is 2. The largest absolute Gasteiger partial charge is 0.318 e. The molecule has 0 aromatic carbocycles. The molecule has 1 aliphatic carbocycles. The van der Waals surface area contributed by atoms with Crippen molar-refractivity contribution < 1.29 is 24.5 Å². The summed E-state index contributed by atoms with van der Waals surface area (Å²) in [5, 5.41) is 11.1. The highest BCUT2D eigenvalue weighted by molar-refractivity contribution is 5.79. The van der Waals surface area contributed by atoms with Crippen molar-refractivity contribution in [2.45, 2.75) is 64.1 Å². The van der Waals surface area contributed by atoms with E-state index in [1.165, 1.54) is 0 Å². The minimum Gasteiger partial charge on any atom is -0.318 e. The van der Waals surface area contributed by atoms with Gasteiger partial charge in [-0.15, -0.1) is 0 Å². The van der Waals surface area contributed by atoms with E-state index in [-0.39, 0.29) is 23.7 Å². The Morgan fingerprint density at radius 2 is 1.95 bits per heavy atom. The maximum atomic E-state index is 12.4. The van der Waals surface area contributed by atoms with E-state index < -0.39 is 17.6 Å². The molecule has 4 heterocycles. The molecule has 5 rings (SSSR count). The van der Waals surface area contributed by atoms with E-state index in [2.05, 4.69) is 6.92 Å². The fourth-order valence-corrected chi connectivity index (χ4v) is 5.03. The van der Waals surface area contributed by atoms with Gasteiger partial charge >= 0.3 is 0 Å². The Hall–Kier alpha value is -0.690. The van der Waals surface area contributed by atoms with Crippen LogP contribution in [0.25, 0.3) is 0 Å². The highest BCUT2D eigenvalue weighted by Gasteiger charge is 2.70. The second-order valence-electron chi connectivity index (χ2n) is 7.40. The average Bonchev–Trinajstić information content (AvgIpc) is 2.69. The fourth-order valence-electron chi connectivity index (χ4n) is 5.03. The SMILES string of the molecule is C[C@@H]1CC[C@H]2[C@@H](C)C(=O)N(O)[C@@H]3O[C@]4(C)CC[C@@H]1C23OO4. The number of nitrogens with zero attached hydrogens (tertiary/aromatic N) is 1. The van der Waals surface area contributed by atoms with Crippen LogP contribution in [0.2, 0.25) is 0 Å². The molecule has 21 heavy (non-hydrogen) atoms. The molecule has 0 radical (unpaired) electrons. The Balaban J connectivity index is 1.87. The molecule has 0 aromatic heterocycles. The molecule has 1 amide bonds. The van der Waals surface area contributed by atoms with Gasteiger partial charge in [0, 0.05) is 18.3 Å². The summed E-state index contributed by atoms with van der Waals surface area (Å²) < 4.78 is 6.02. The third kappa shape index (κ3) is 1.59. The average molecular weight is 297 g/mol. The van der Waals surface area contributed by atoms with Gasteiger partial charge in [0.25, 0.3) is 5.91 Å². The first-order chi connectivity index (χ1) is 9.89. The monoisotopic (exact) mass is 297 g/mol. The Morgan fingerprint density at radius 3 is 2.71 bits per heavy atom. The highest BCUT2D eigenvalue weighted by atomic mass is 17.3. The van der Waals surface area contributed by atoms with E-state index in [0.717, 1.165) is 24.3 Å².